The summed E-state index contributed by atoms with van der Waals surface area (Å²) in [6.07, 6.45) is 0. The van der Waals surface area contributed by atoms with Crippen molar-refractivity contribution in [3.63, 3.8) is 0 Å². The third-order valence-corrected chi connectivity index (χ3v) is 6.43. The van der Waals surface area contributed by atoms with Crippen LogP contribution in [-0.2, 0) is 19.5 Å². The Morgan fingerprint density at radius 3 is 2.50 bits per heavy atom. The first-order valence-corrected chi connectivity index (χ1v) is 11.7. The summed E-state index contributed by atoms with van der Waals surface area (Å²) in [7, 11) is -2.68. The first kappa shape index (κ1) is 23.8. The van der Waals surface area contributed by atoms with E-state index in [1.165, 1.54) is 43.5 Å². The molecule has 0 atom stereocenters. The maximum atomic E-state index is 13.0. The van der Waals surface area contributed by atoms with Crippen LogP contribution in [0.1, 0.15) is 27.6 Å². The molecule has 11 heteroatoms. The van der Waals surface area contributed by atoms with Crippen molar-refractivity contribution in [2.24, 2.45) is 0 Å². The molecule has 0 aromatic heterocycles. The maximum absolute atomic E-state index is 13.0. The number of amides is 1. The zero-order chi connectivity index (χ0) is 23.3. The van der Waals surface area contributed by atoms with Crippen LogP contribution in [0.25, 0.3) is 0 Å². The van der Waals surface area contributed by atoms with Crippen molar-refractivity contribution in [3.05, 3.63) is 52.5 Å². The van der Waals surface area contributed by atoms with Gasteiger partial charge in [-0.25, -0.2) is 13.2 Å². The van der Waals surface area contributed by atoms with Crippen LogP contribution in [0.3, 0.4) is 0 Å². The molecule has 0 radical (unpaired) electrons. The minimum atomic E-state index is -4.09. The lowest BCUT2D eigenvalue weighted by atomic mass is 10.1. The number of halogens is 1. The van der Waals surface area contributed by atoms with Crippen LogP contribution in [-0.4, -0.2) is 65.2 Å². The number of esters is 1. The molecule has 0 aliphatic carbocycles. The van der Waals surface area contributed by atoms with Crippen LogP contribution < -0.4 is 9.46 Å². The van der Waals surface area contributed by atoms with E-state index in [4.69, 9.17) is 25.8 Å². The number of benzene rings is 2. The molecule has 2 aromatic rings. The van der Waals surface area contributed by atoms with Crippen molar-refractivity contribution in [2.75, 3.05) is 44.7 Å². The molecule has 0 spiro atoms. The number of nitrogens with one attached hydrogen (secondary N) is 1. The van der Waals surface area contributed by atoms with Crippen LogP contribution in [0.2, 0.25) is 5.02 Å². The molecule has 2 aromatic carbocycles. The number of ether oxygens (including phenoxy) is 3. The third kappa shape index (κ3) is 5.32. The number of methoxy groups -OCH3 is 1. The van der Waals surface area contributed by atoms with Crippen molar-refractivity contribution in [2.45, 2.75) is 11.8 Å². The molecular weight excluding hydrogens is 460 g/mol. The predicted molar refractivity (Wildman–Crippen MR) is 118 cm³/mol. The van der Waals surface area contributed by atoms with Gasteiger partial charge in [0.15, 0.2) is 0 Å². The molecule has 1 fully saturated rings. The summed E-state index contributed by atoms with van der Waals surface area (Å²) >= 11 is 6.03. The largest absolute Gasteiger partial charge is 0.496 e. The van der Waals surface area contributed by atoms with Gasteiger partial charge in [-0.3, -0.25) is 9.52 Å². The molecule has 1 saturated heterocycles. The van der Waals surface area contributed by atoms with Gasteiger partial charge in [0.25, 0.3) is 15.9 Å². The Morgan fingerprint density at radius 1 is 1.12 bits per heavy atom. The van der Waals surface area contributed by atoms with E-state index in [0.717, 1.165) is 0 Å². The average molecular weight is 483 g/mol. The van der Waals surface area contributed by atoms with Gasteiger partial charge in [0.1, 0.15) is 5.75 Å². The highest BCUT2D eigenvalue weighted by molar-refractivity contribution is 7.92. The van der Waals surface area contributed by atoms with E-state index in [9.17, 15) is 18.0 Å². The van der Waals surface area contributed by atoms with Gasteiger partial charge in [0.2, 0.25) is 0 Å². The SMILES string of the molecule is CCOC(=O)c1cc(NS(=O)(=O)c2ccc(OC)c(C(=O)N3CCOCC3)c2)ccc1Cl. The lowest BCUT2D eigenvalue weighted by Crippen LogP contribution is -2.40. The smallest absolute Gasteiger partial charge is 0.339 e. The molecule has 1 amide bonds. The molecule has 1 aliphatic heterocycles. The molecule has 32 heavy (non-hydrogen) atoms. The second-order valence-corrected chi connectivity index (χ2v) is 8.88. The fraction of sp³-hybridized carbons (Fsp3) is 0.333. The monoisotopic (exact) mass is 482 g/mol. The topological polar surface area (TPSA) is 111 Å². The molecule has 0 bridgehead atoms. The molecule has 1 N–H and O–H groups in total. The number of morpholine rings is 1. The minimum absolute atomic E-state index is 0.0339. The molecule has 3 rings (SSSR count). The molecule has 9 nitrogen and oxygen atoms in total. The van der Waals surface area contributed by atoms with E-state index >= 15 is 0 Å². The summed E-state index contributed by atoms with van der Waals surface area (Å²) in [6.45, 7) is 3.42. The third-order valence-electron chi connectivity index (χ3n) is 4.72. The Labute approximate surface area is 191 Å². The van der Waals surface area contributed by atoms with Crippen LogP contribution in [0.5, 0.6) is 5.75 Å². The highest BCUT2D eigenvalue weighted by Gasteiger charge is 2.25. The summed E-state index contributed by atoms with van der Waals surface area (Å²) in [5.41, 5.74) is 0.279. The second-order valence-electron chi connectivity index (χ2n) is 6.79. The van der Waals surface area contributed by atoms with E-state index in [1.807, 2.05) is 0 Å². The van der Waals surface area contributed by atoms with Gasteiger partial charge in [-0.1, -0.05) is 11.6 Å². The van der Waals surface area contributed by atoms with Gasteiger partial charge in [0.05, 0.1) is 48.0 Å². The number of nitrogens with zero attached hydrogens (tertiary/aromatic N) is 1. The number of carbonyl (C=O) groups excluding carboxylic acids is 2. The summed E-state index contributed by atoms with van der Waals surface area (Å²) in [5, 5.41) is 0.134. The number of hydrogen-bond acceptors (Lipinski definition) is 7. The molecule has 0 saturated carbocycles. The van der Waals surface area contributed by atoms with Crippen LogP contribution in [0, 0.1) is 0 Å². The van der Waals surface area contributed by atoms with Gasteiger partial charge in [-0.05, 0) is 43.3 Å². The van der Waals surface area contributed by atoms with E-state index in [0.29, 0.717) is 26.3 Å². The van der Waals surface area contributed by atoms with E-state index < -0.39 is 16.0 Å². The van der Waals surface area contributed by atoms with Crippen molar-refractivity contribution >= 4 is 39.2 Å². The Bertz CT molecular complexity index is 1120. The summed E-state index contributed by atoms with van der Waals surface area (Å²) in [4.78, 5) is 26.4. The van der Waals surface area contributed by atoms with Crippen molar-refractivity contribution in [1.82, 2.24) is 4.90 Å². The number of hydrogen-bond donors (Lipinski definition) is 1. The predicted octanol–water partition coefficient (Wildman–Crippen LogP) is 2.80. The van der Waals surface area contributed by atoms with Crippen LogP contribution in [0.15, 0.2) is 41.3 Å². The Hall–Kier alpha value is -2.82. The molecular formula is C21H23ClN2O7S. The summed E-state index contributed by atoms with van der Waals surface area (Å²) < 4.78 is 43.9. The van der Waals surface area contributed by atoms with Crippen molar-refractivity contribution in [3.8, 4) is 5.75 Å². The van der Waals surface area contributed by atoms with Gasteiger partial charge in [-0.2, -0.15) is 0 Å². The summed E-state index contributed by atoms with van der Waals surface area (Å²) in [6, 6.07) is 8.13. The first-order valence-electron chi connectivity index (χ1n) is 9.81. The van der Waals surface area contributed by atoms with E-state index in [1.54, 1.807) is 11.8 Å². The molecule has 1 aliphatic rings. The zero-order valence-corrected chi connectivity index (χ0v) is 19.2. The molecule has 0 unspecified atom stereocenters. The maximum Gasteiger partial charge on any atom is 0.339 e. The van der Waals surface area contributed by atoms with Crippen LogP contribution in [0.4, 0.5) is 5.69 Å². The highest BCUT2D eigenvalue weighted by Crippen LogP contribution is 2.27. The summed E-state index contributed by atoms with van der Waals surface area (Å²) in [5.74, 6) is -0.754. The fourth-order valence-electron chi connectivity index (χ4n) is 3.13. The number of sulfonamides is 1. The number of carbonyl (C=O) groups is 2. The minimum Gasteiger partial charge on any atom is -0.496 e. The number of anilines is 1. The van der Waals surface area contributed by atoms with Crippen molar-refractivity contribution in [1.29, 1.82) is 0 Å². The van der Waals surface area contributed by atoms with Gasteiger partial charge < -0.3 is 19.1 Å². The van der Waals surface area contributed by atoms with Gasteiger partial charge >= 0.3 is 5.97 Å². The van der Waals surface area contributed by atoms with E-state index in [-0.39, 0.29) is 45.0 Å². The lowest BCUT2D eigenvalue weighted by Gasteiger charge is -2.27. The van der Waals surface area contributed by atoms with Gasteiger partial charge in [-0.15, -0.1) is 0 Å². The van der Waals surface area contributed by atoms with Crippen molar-refractivity contribution < 1.29 is 32.2 Å². The van der Waals surface area contributed by atoms with Gasteiger partial charge in [0, 0.05) is 18.8 Å². The standard InChI is InChI=1S/C21H23ClN2O7S/c1-3-31-21(26)16-12-14(4-6-18(16)22)23-32(27,28)15-5-7-19(29-2)17(13-15)20(25)24-8-10-30-11-9-24/h4-7,12-13,23H,3,8-11H2,1-2H3. The Morgan fingerprint density at radius 2 is 1.84 bits per heavy atom. The number of rotatable bonds is 7. The Balaban J connectivity index is 1.91. The normalized spacial score (nSPS) is 14.0. The lowest BCUT2D eigenvalue weighted by molar-refractivity contribution is 0.0300. The molecule has 172 valence electrons. The Kier molecular flexibility index (Phi) is 7.60. The second kappa shape index (κ2) is 10.2. The fourth-order valence-corrected chi connectivity index (χ4v) is 4.40. The highest BCUT2D eigenvalue weighted by atomic mass is 35.5. The average Bonchev–Trinajstić information content (AvgIpc) is 2.80. The van der Waals surface area contributed by atoms with E-state index in [2.05, 4.69) is 4.72 Å². The quantitative estimate of drug-likeness (QED) is 0.604. The first-order chi connectivity index (χ1) is 15.3. The zero-order valence-electron chi connectivity index (χ0n) is 17.6. The van der Waals surface area contributed by atoms with Crippen LogP contribution >= 0.6 is 11.6 Å². The molecule has 1 heterocycles.